The van der Waals surface area contributed by atoms with E-state index in [9.17, 15) is 4.79 Å². The highest BCUT2D eigenvalue weighted by atomic mass is 16.4. The Kier molecular flexibility index (Phi) is 9.83. The summed E-state index contributed by atoms with van der Waals surface area (Å²) in [4.78, 5) is 20.0. The first-order valence-electron chi connectivity index (χ1n) is 9.19. The summed E-state index contributed by atoms with van der Waals surface area (Å²) in [6, 6.07) is 7.62. The maximum Gasteiger partial charge on any atom is 0.328 e. The fourth-order valence-corrected chi connectivity index (χ4v) is 2.57. The largest absolute Gasteiger partial charge is 0.478 e. The number of aliphatic carboxylic acids is 1. The number of carbonyl (C=O) groups is 1. The van der Waals surface area contributed by atoms with Gasteiger partial charge in [-0.05, 0) is 57.3 Å². The van der Waals surface area contributed by atoms with Gasteiger partial charge < -0.3 is 14.9 Å². The summed E-state index contributed by atoms with van der Waals surface area (Å²) >= 11 is 0. The van der Waals surface area contributed by atoms with Gasteiger partial charge in [-0.25, -0.2) is 9.79 Å². The lowest BCUT2D eigenvalue weighted by Crippen LogP contribution is -2.31. The predicted molar refractivity (Wildman–Crippen MR) is 114 cm³/mol. The van der Waals surface area contributed by atoms with Crippen LogP contribution in [0, 0.1) is 0 Å². The molecule has 0 saturated carbocycles. The molecular formula is C22H31N3O2. The number of hydrogen-bond donors (Lipinski definition) is 1. The summed E-state index contributed by atoms with van der Waals surface area (Å²) in [6.45, 7) is 10.8. The molecule has 0 aromatic heterocycles. The average molecular weight is 370 g/mol. The molecule has 5 heteroatoms. The highest BCUT2D eigenvalue weighted by molar-refractivity contribution is 6.09. The van der Waals surface area contributed by atoms with Crippen molar-refractivity contribution in [2.45, 2.75) is 20.3 Å². The minimum atomic E-state index is -0.967. The second kappa shape index (κ2) is 11.9. The van der Waals surface area contributed by atoms with Crippen LogP contribution >= 0.6 is 0 Å². The predicted octanol–water partition coefficient (Wildman–Crippen LogP) is 3.89. The minimum Gasteiger partial charge on any atom is -0.478 e. The molecule has 1 N–H and O–H groups in total. The van der Waals surface area contributed by atoms with E-state index < -0.39 is 5.97 Å². The second-order valence-electron chi connectivity index (χ2n) is 6.44. The Morgan fingerprint density at radius 1 is 1.26 bits per heavy atom. The van der Waals surface area contributed by atoms with Crippen LogP contribution < -0.4 is 0 Å². The molecule has 0 aliphatic carbocycles. The molecule has 1 rings (SSSR count). The van der Waals surface area contributed by atoms with Gasteiger partial charge in [0.25, 0.3) is 0 Å². The fourth-order valence-electron chi connectivity index (χ4n) is 2.57. The molecule has 0 bridgehead atoms. The third-order valence-electron chi connectivity index (χ3n) is 3.92. The zero-order valence-corrected chi connectivity index (χ0v) is 16.9. The van der Waals surface area contributed by atoms with E-state index in [0.717, 1.165) is 54.8 Å². The van der Waals surface area contributed by atoms with E-state index in [1.54, 1.807) is 12.2 Å². The van der Waals surface area contributed by atoms with E-state index in [1.807, 2.05) is 37.3 Å². The normalized spacial score (nSPS) is 12.6. The van der Waals surface area contributed by atoms with E-state index in [0.29, 0.717) is 0 Å². The van der Waals surface area contributed by atoms with E-state index in [-0.39, 0.29) is 0 Å². The number of aliphatic imine (C=N–C) groups is 1. The van der Waals surface area contributed by atoms with E-state index in [1.165, 1.54) is 0 Å². The van der Waals surface area contributed by atoms with E-state index in [2.05, 4.69) is 37.4 Å². The van der Waals surface area contributed by atoms with Crippen molar-refractivity contribution in [3.05, 3.63) is 66.0 Å². The molecule has 0 aliphatic heterocycles. The zero-order chi connectivity index (χ0) is 20.2. The van der Waals surface area contributed by atoms with Crippen molar-refractivity contribution in [2.24, 2.45) is 4.99 Å². The molecule has 0 amide bonds. The van der Waals surface area contributed by atoms with Crippen molar-refractivity contribution < 1.29 is 9.90 Å². The SMILES string of the molecule is C=C/C(=N\C(=C/C)N(CCC)CCN(C)C)c1cccc(/C=C/C(=O)O)c1. The number of rotatable bonds is 11. The fraction of sp³-hybridized carbons (Fsp3) is 0.364. The standard InChI is InChI=1S/C22H31N3O2/c1-6-14-25(16-15-24(4)5)21(8-3)23-20(7-2)19-11-9-10-18(17-19)12-13-22(26)27/h7-13,17H,2,6,14-16H2,1,3-5H3,(H,26,27)/b13-12+,21-8+,23-20+. The van der Waals surface area contributed by atoms with Crippen LogP contribution in [-0.4, -0.2) is 60.3 Å². The van der Waals surface area contributed by atoms with Gasteiger partial charge in [0.1, 0.15) is 5.82 Å². The summed E-state index contributed by atoms with van der Waals surface area (Å²) in [7, 11) is 4.13. The quantitative estimate of drug-likeness (QED) is 0.475. The summed E-state index contributed by atoms with van der Waals surface area (Å²) < 4.78 is 0. The lowest BCUT2D eigenvalue weighted by atomic mass is 10.1. The molecule has 27 heavy (non-hydrogen) atoms. The Morgan fingerprint density at radius 3 is 2.56 bits per heavy atom. The first-order valence-corrected chi connectivity index (χ1v) is 9.19. The number of carboxylic acid groups (broad SMARTS) is 1. The van der Waals surface area contributed by atoms with Crippen LogP contribution in [0.1, 0.15) is 31.4 Å². The number of likely N-dealkylation sites (N-methyl/N-ethyl adjacent to an activating group) is 1. The minimum absolute atomic E-state index is 0.764. The Hall–Kier alpha value is -2.66. The molecule has 0 radical (unpaired) electrons. The highest BCUT2D eigenvalue weighted by Crippen LogP contribution is 2.14. The van der Waals surface area contributed by atoms with Crippen LogP contribution in [0.4, 0.5) is 0 Å². The summed E-state index contributed by atoms with van der Waals surface area (Å²) in [6.07, 6.45) is 7.50. The average Bonchev–Trinajstić information content (AvgIpc) is 2.65. The number of carboxylic acids is 1. The number of benzene rings is 1. The molecule has 1 aromatic carbocycles. The summed E-state index contributed by atoms with van der Waals surface area (Å²) in [5, 5.41) is 8.81. The molecular weight excluding hydrogens is 338 g/mol. The van der Waals surface area contributed by atoms with Gasteiger partial charge in [-0.15, -0.1) is 0 Å². The highest BCUT2D eigenvalue weighted by Gasteiger charge is 2.09. The van der Waals surface area contributed by atoms with Crippen molar-refractivity contribution in [1.29, 1.82) is 0 Å². The number of allylic oxidation sites excluding steroid dienone is 2. The lowest BCUT2D eigenvalue weighted by molar-refractivity contribution is -0.131. The third-order valence-corrected chi connectivity index (χ3v) is 3.92. The molecule has 0 spiro atoms. The lowest BCUT2D eigenvalue weighted by Gasteiger charge is -2.26. The van der Waals surface area contributed by atoms with Crippen molar-refractivity contribution >= 4 is 17.8 Å². The smallest absolute Gasteiger partial charge is 0.328 e. The molecule has 5 nitrogen and oxygen atoms in total. The molecule has 0 atom stereocenters. The first-order chi connectivity index (χ1) is 12.9. The van der Waals surface area contributed by atoms with Gasteiger partial charge in [-0.2, -0.15) is 0 Å². The van der Waals surface area contributed by atoms with Crippen LogP contribution in [0.15, 0.2) is 59.9 Å². The summed E-state index contributed by atoms with van der Waals surface area (Å²) in [5.74, 6) is -0.0506. The monoisotopic (exact) mass is 369 g/mol. The van der Waals surface area contributed by atoms with E-state index in [4.69, 9.17) is 10.1 Å². The Labute approximate surface area is 163 Å². The van der Waals surface area contributed by atoms with Gasteiger partial charge >= 0.3 is 5.97 Å². The van der Waals surface area contributed by atoms with Crippen LogP contribution in [0.5, 0.6) is 0 Å². The second-order valence-corrected chi connectivity index (χ2v) is 6.44. The Bertz CT molecular complexity index is 718. The van der Waals surface area contributed by atoms with Gasteiger partial charge in [0.05, 0.1) is 5.71 Å². The first kappa shape index (κ1) is 22.4. The van der Waals surface area contributed by atoms with Crippen LogP contribution in [0.3, 0.4) is 0 Å². The summed E-state index contributed by atoms with van der Waals surface area (Å²) in [5.41, 5.74) is 2.48. The van der Waals surface area contributed by atoms with E-state index >= 15 is 0 Å². The Morgan fingerprint density at radius 2 is 2.00 bits per heavy atom. The number of hydrogen-bond acceptors (Lipinski definition) is 4. The topological polar surface area (TPSA) is 56.1 Å². The van der Waals surface area contributed by atoms with Crippen molar-refractivity contribution in [3.8, 4) is 0 Å². The third kappa shape index (κ3) is 8.05. The van der Waals surface area contributed by atoms with Crippen LogP contribution in [0.2, 0.25) is 0 Å². The number of nitrogens with zero attached hydrogens (tertiary/aromatic N) is 3. The maximum atomic E-state index is 10.7. The van der Waals surface area contributed by atoms with Gasteiger partial charge in [-0.3, -0.25) is 0 Å². The van der Waals surface area contributed by atoms with Gasteiger partial charge in [0.2, 0.25) is 0 Å². The molecule has 0 heterocycles. The zero-order valence-electron chi connectivity index (χ0n) is 16.9. The van der Waals surface area contributed by atoms with Gasteiger partial charge in [-0.1, -0.05) is 31.7 Å². The van der Waals surface area contributed by atoms with Crippen LogP contribution in [0.25, 0.3) is 6.08 Å². The van der Waals surface area contributed by atoms with Crippen LogP contribution in [-0.2, 0) is 4.79 Å². The van der Waals surface area contributed by atoms with Gasteiger partial charge in [0, 0.05) is 31.3 Å². The molecule has 146 valence electrons. The molecule has 1 aromatic rings. The van der Waals surface area contributed by atoms with Crippen molar-refractivity contribution in [1.82, 2.24) is 9.80 Å². The molecule has 0 fully saturated rings. The molecule has 0 saturated heterocycles. The molecule has 0 aliphatic rings. The van der Waals surface area contributed by atoms with Gasteiger partial charge in [0.15, 0.2) is 0 Å². The maximum absolute atomic E-state index is 10.7. The van der Waals surface area contributed by atoms with Crippen molar-refractivity contribution in [2.75, 3.05) is 33.7 Å². The Balaban J connectivity index is 3.16. The molecule has 0 unspecified atom stereocenters. The van der Waals surface area contributed by atoms with Crippen molar-refractivity contribution in [3.63, 3.8) is 0 Å².